The van der Waals surface area contributed by atoms with Gasteiger partial charge in [-0.25, -0.2) is 4.98 Å². The normalized spacial score (nSPS) is 12.3. The van der Waals surface area contributed by atoms with Gasteiger partial charge >= 0.3 is 0 Å². The van der Waals surface area contributed by atoms with Gasteiger partial charge in [0.15, 0.2) is 5.13 Å². The minimum atomic E-state index is -0.722. The van der Waals surface area contributed by atoms with Gasteiger partial charge in [-0.05, 0) is 30.2 Å². The molecule has 1 unspecified atom stereocenters. The zero-order chi connectivity index (χ0) is 14.8. The Bertz CT molecular complexity index is 785. The summed E-state index contributed by atoms with van der Waals surface area (Å²) < 4.78 is 1.05. The molecule has 0 aliphatic rings. The van der Waals surface area contributed by atoms with E-state index in [4.69, 9.17) is 11.6 Å². The van der Waals surface area contributed by atoms with Crippen molar-refractivity contribution in [3.8, 4) is 0 Å². The lowest BCUT2D eigenvalue weighted by molar-refractivity contribution is -0.116. The molecule has 3 aromatic rings. The second kappa shape index (κ2) is 5.84. The number of carbonyl (C=O) groups excluding carboxylic acids is 1. The molecule has 0 fully saturated rings. The summed E-state index contributed by atoms with van der Waals surface area (Å²) in [5, 5.41) is 2.63. The Morgan fingerprint density at radius 3 is 2.76 bits per heavy atom. The summed E-state index contributed by atoms with van der Waals surface area (Å²) >= 11 is 7.65. The highest BCUT2D eigenvalue weighted by Gasteiger charge is 2.18. The lowest BCUT2D eigenvalue weighted by Gasteiger charge is -2.08. The molecule has 1 heterocycles. The van der Waals surface area contributed by atoms with Crippen LogP contribution >= 0.6 is 22.9 Å². The predicted molar refractivity (Wildman–Crippen MR) is 88.0 cm³/mol. The summed E-state index contributed by atoms with van der Waals surface area (Å²) in [6.07, 6.45) is 0. The first kappa shape index (κ1) is 14.0. The molecular weight excluding hydrogens is 304 g/mol. The molecule has 3 nitrogen and oxygen atoms in total. The number of hydrogen-bond donors (Lipinski definition) is 1. The van der Waals surface area contributed by atoms with E-state index in [2.05, 4.69) is 16.4 Å². The van der Waals surface area contributed by atoms with E-state index in [0.29, 0.717) is 5.13 Å². The summed E-state index contributed by atoms with van der Waals surface area (Å²) in [5.74, 6) is -0.265. The van der Waals surface area contributed by atoms with Crippen molar-refractivity contribution in [1.29, 1.82) is 0 Å². The fraction of sp³-hybridized carbons (Fsp3) is 0.125. The zero-order valence-electron chi connectivity index (χ0n) is 11.3. The first-order valence-corrected chi connectivity index (χ1v) is 7.76. The number of rotatable bonds is 3. The number of aromatic nitrogens is 1. The van der Waals surface area contributed by atoms with Crippen molar-refractivity contribution in [2.75, 3.05) is 5.32 Å². The monoisotopic (exact) mass is 316 g/mol. The van der Waals surface area contributed by atoms with Gasteiger partial charge in [0.05, 0.1) is 10.2 Å². The second-order valence-electron chi connectivity index (χ2n) is 4.75. The number of hydrogen-bond acceptors (Lipinski definition) is 3. The highest BCUT2D eigenvalue weighted by atomic mass is 35.5. The Kier molecular flexibility index (Phi) is 3.90. The van der Waals surface area contributed by atoms with Crippen LogP contribution in [0, 0.1) is 6.92 Å². The van der Waals surface area contributed by atoms with Crippen LogP contribution in [0.1, 0.15) is 16.5 Å². The Labute approximate surface area is 131 Å². The van der Waals surface area contributed by atoms with E-state index in [0.717, 1.165) is 15.8 Å². The van der Waals surface area contributed by atoms with Crippen LogP contribution in [0.5, 0.6) is 0 Å². The standard InChI is InChI=1S/C16H13ClN2OS/c1-10-7-8-12-13(9-10)21-16(18-12)19-15(20)14(17)11-5-3-2-4-6-11/h2-9,14H,1H3,(H,18,19,20). The number of halogens is 1. The van der Waals surface area contributed by atoms with Gasteiger partial charge in [0, 0.05) is 0 Å². The molecule has 0 radical (unpaired) electrons. The van der Waals surface area contributed by atoms with Crippen molar-refractivity contribution < 1.29 is 4.79 Å². The van der Waals surface area contributed by atoms with Crippen LogP contribution in [0.4, 0.5) is 5.13 Å². The Morgan fingerprint density at radius 1 is 1.24 bits per heavy atom. The number of fused-ring (bicyclic) bond motifs is 1. The molecule has 1 aromatic heterocycles. The van der Waals surface area contributed by atoms with E-state index in [1.165, 1.54) is 16.9 Å². The van der Waals surface area contributed by atoms with Crippen molar-refractivity contribution >= 4 is 44.2 Å². The predicted octanol–water partition coefficient (Wildman–Crippen LogP) is 4.52. The molecular formula is C16H13ClN2OS. The summed E-state index contributed by atoms with van der Waals surface area (Å²) in [6, 6.07) is 15.3. The maximum absolute atomic E-state index is 12.2. The number of alkyl halides is 1. The molecule has 1 atom stereocenters. The summed E-state index contributed by atoms with van der Waals surface area (Å²) in [7, 11) is 0. The van der Waals surface area contributed by atoms with Gasteiger partial charge in [-0.1, -0.05) is 47.7 Å². The number of amides is 1. The Balaban J connectivity index is 1.80. The zero-order valence-corrected chi connectivity index (χ0v) is 12.9. The van der Waals surface area contributed by atoms with Crippen LogP contribution in [0.15, 0.2) is 48.5 Å². The molecule has 0 saturated carbocycles. The van der Waals surface area contributed by atoms with E-state index in [-0.39, 0.29) is 5.91 Å². The third kappa shape index (κ3) is 3.06. The SMILES string of the molecule is Cc1ccc2nc(NC(=O)C(Cl)c3ccccc3)sc2c1. The third-order valence-electron chi connectivity index (χ3n) is 3.10. The maximum atomic E-state index is 12.2. The third-order valence-corrected chi connectivity index (χ3v) is 4.48. The number of thiazole rings is 1. The molecule has 3 rings (SSSR count). The van der Waals surface area contributed by atoms with E-state index >= 15 is 0 Å². The molecule has 21 heavy (non-hydrogen) atoms. The highest BCUT2D eigenvalue weighted by molar-refractivity contribution is 7.22. The van der Waals surface area contributed by atoms with Crippen molar-refractivity contribution in [2.45, 2.75) is 12.3 Å². The van der Waals surface area contributed by atoms with Gasteiger partial charge in [-0.2, -0.15) is 0 Å². The van der Waals surface area contributed by atoms with Gasteiger partial charge in [0.2, 0.25) is 5.91 Å². The topological polar surface area (TPSA) is 42.0 Å². The molecule has 0 aliphatic heterocycles. The fourth-order valence-corrected chi connectivity index (χ4v) is 3.19. The van der Waals surface area contributed by atoms with Crippen LogP contribution in [-0.4, -0.2) is 10.9 Å². The quantitative estimate of drug-likeness (QED) is 0.722. The van der Waals surface area contributed by atoms with E-state index < -0.39 is 5.38 Å². The molecule has 1 amide bonds. The highest BCUT2D eigenvalue weighted by Crippen LogP contribution is 2.28. The molecule has 0 bridgehead atoms. The second-order valence-corrected chi connectivity index (χ2v) is 6.22. The number of nitrogens with one attached hydrogen (secondary N) is 1. The van der Waals surface area contributed by atoms with Gasteiger partial charge in [0.25, 0.3) is 0 Å². The van der Waals surface area contributed by atoms with Crippen molar-refractivity contribution in [3.05, 3.63) is 59.7 Å². The lowest BCUT2D eigenvalue weighted by Crippen LogP contribution is -2.17. The van der Waals surface area contributed by atoms with E-state index in [9.17, 15) is 4.79 Å². The van der Waals surface area contributed by atoms with Crippen molar-refractivity contribution in [2.24, 2.45) is 0 Å². The van der Waals surface area contributed by atoms with E-state index in [1.54, 1.807) is 0 Å². The molecule has 0 saturated heterocycles. The summed E-state index contributed by atoms with van der Waals surface area (Å²) in [5.41, 5.74) is 2.82. The molecule has 106 valence electrons. The number of carbonyl (C=O) groups is 1. The van der Waals surface area contributed by atoms with Gasteiger partial charge < -0.3 is 5.32 Å². The average molecular weight is 317 g/mol. The minimum absolute atomic E-state index is 0.265. The number of aryl methyl sites for hydroxylation is 1. The average Bonchev–Trinajstić information content (AvgIpc) is 2.88. The van der Waals surface area contributed by atoms with Crippen molar-refractivity contribution in [1.82, 2.24) is 4.98 Å². The van der Waals surface area contributed by atoms with E-state index in [1.807, 2.05) is 49.4 Å². The van der Waals surface area contributed by atoms with Crippen LogP contribution < -0.4 is 5.32 Å². The smallest absolute Gasteiger partial charge is 0.248 e. The van der Waals surface area contributed by atoms with Gasteiger partial charge in [-0.15, -0.1) is 11.6 Å². The first-order chi connectivity index (χ1) is 10.1. The summed E-state index contributed by atoms with van der Waals surface area (Å²) in [4.78, 5) is 16.6. The number of nitrogens with zero attached hydrogens (tertiary/aromatic N) is 1. The van der Waals surface area contributed by atoms with Gasteiger partial charge in [-0.3, -0.25) is 4.79 Å². The van der Waals surface area contributed by atoms with Crippen LogP contribution in [0.3, 0.4) is 0 Å². The largest absolute Gasteiger partial charge is 0.300 e. The first-order valence-electron chi connectivity index (χ1n) is 6.50. The molecule has 0 aliphatic carbocycles. The van der Waals surface area contributed by atoms with Crippen LogP contribution in [-0.2, 0) is 4.79 Å². The summed E-state index contributed by atoms with van der Waals surface area (Å²) in [6.45, 7) is 2.03. The molecule has 2 aromatic carbocycles. The van der Waals surface area contributed by atoms with Crippen LogP contribution in [0.2, 0.25) is 0 Å². The molecule has 0 spiro atoms. The molecule has 5 heteroatoms. The molecule has 1 N–H and O–H groups in total. The number of benzene rings is 2. The number of anilines is 1. The fourth-order valence-electron chi connectivity index (χ4n) is 2.03. The van der Waals surface area contributed by atoms with Crippen LogP contribution in [0.25, 0.3) is 10.2 Å². The minimum Gasteiger partial charge on any atom is -0.300 e. The van der Waals surface area contributed by atoms with Gasteiger partial charge in [0.1, 0.15) is 5.38 Å². The lowest BCUT2D eigenvalue weighted by atomic mass is 10.1. The Morgan fingerprint density at radius 2 is 2.00 bits per heavy atom. The Hall–Kier alpha value is -1.91. The maximum Gasteiger partial charge on any atom is 0.248 e. The van der Waals surface area contributed by atoms with Crippen molar-refractivity contribution in [3.63, 3.8) is 0 Å².